The van der Waals surface area contributed by atoms with Crippen LogP contribution >= 0.6 is 11.3 Å². The number of alkyl halides is 2. The molecule has 6 rings (SSSR count). The molecule has 4 aromatic rings. The number of hydrogen-bond acceptors (Lipinski definition) is 8. The molecule has 1 atom stereocenters. The first kappa shape index (κ1) is 39.2. The number of aromatic nitrogens is 1. The van der Waals surface area contributed by atoms with Gasteiger partial charge in [-0.1, -0.05) is 51.1 Å². The molecule has 13 heteroatoms. The Bertz CT molecular complexity index is 1990. The quantitative estimate of drug-likeness (QED) is 0.107. The Labute approximate surface area is 315 Å². The highest BCUT2D eigenvalue weighted by Crippen LogP contribution is 2.42. The standard InChI is InChI=1S/C40H52F2N4O5SSi/c1-27-10-14-34(52-27)37(49)46-25-39(51-40(41,42)26-46)17-20-45(21-18-39)24-29-9-7-8-28(22-29)16-19-43-23-33(50-53(5,6)38(2,3)4)30-11-13-32(47)36-31(30)12-15-35(48)44-36/h7-15,22,33,43,47H,16-21,23-26H2,1-6H3,(H,44,48). The number of H-pyrrole nitrogens is 1. The van der Waals surface area contributed by atoms with Crippen molar-refractivity contribution >= 4 is 36.5 Å². The minimum absolute atomic E-state index is 0.0149. The van der Waals surface area contributed by atoms with Crippen LogP contribution in [-0.2, 0) is 22.1 Å². The number of aromatic amines is 1. The van der Waals surface area contributed by atoms with Crippen LogP contribution in [0.15, 0.2) is 65.5 Å². The van der Waals surface area contributed by atoms with E-state index in [4.69, 9.17) is 9.16 Å². The van der Waals surface area contributed by atoms with Gasteiger partial charge in [-0.15, -0.1) is 11.3 Å². The summed E-state index contributed by atoms with van der Waals surface area (Å²) in [6.45, 7) is 15.5. The SMILES string of the molecule is Cc1ccc(C(=O)N2CC(F)(F)OC3(CCN(Cc4cccc(CCNCC(O[Si](C)(C)C(C)(C)C)c5ccc(O)c6[nH]c(=O)ccc56)c4)CC3)C2)s1. The zero-order chi connectivity index (χ0) is 38.2. The van der Waals surface area contributed by atoms with Crippen molar-refractivity contribution in [2.75, 3.05) is 39.3 Å². The number of thiophene rings is 1. The monoisotopic (exact) mass is 766 g/mol. The molecule has 0 aliphatic carbocycles. The summed E-state index contributed by atoms with van der Waals surface area (Å²) in [4.78, 5) is 33.0. The number of phenols is 1. The summed E-state index contributed by atoms with van der Waals surface area (Å²) in [7, 11) is -2.20. The van der Waals surface area contributed by atoms with Gasteiger partial charge in [0.15, 0.2) is 8.32 Å². The molecule has 2 aliphatic heterocycles. The van der Waals surface area contributed by atoms with Crippen LogP contribution in [0.1, 0.15) is 71.0 Å². The molecule has 1 spiro atoms. The van der Waals surface area contributed by atoms with E-state index in [-0.39, 0.29) is 34.9 Å². The average Bonchev–Trinajstić information content (AvgIpc) is 3.52. The number of fused-ring (bicyclic) bond motifs is 1. The Balaban J connectivity index is 1.06. The van der Waals surface area contributed by atoms with Gasteiger partial charge in [0.2, 0.25) is 5.56 Å². The number of morpholine rings is 1. The summed E-state index contributed by atoms with van der Waals surface area (Å²) in [5, 5.41) is 14.9. The first-order valence-electron chi connectivity index (χ1n) is 18.4. The molecule has 2 aliphatic rings. The van der Waals surface area contributed by atoms with Crippen LogP contribution in [0.25, 0.3) is 10.9 Å². The van der Waals surface area contributed by atoms with Crippen molar-refractivity contribution in [3.8, 4) is 5.75 Å². The minimum atomic E-state index is -3.39. The van der Waals surface area contributed by atoms with Crippen molar-refractivity contribution < 1.29 is 27.8 Å². The molecule has 0 bridgehead atoms. The third-order valence-corrected chi connectivity index (χ3v) is 16.5. The van der Waals surface area contributed by atoms with Crippen molar-refractivity contribution in [3.05, 3.63) is 97.5 Å². The van der Waals surface area contributed by atoms with Crippen molar-refractivity contribution in [1.82, 2.24) is 20.1 Å². The van der Waals surface area contributed by atoms with Crippen molar-refractivity contribution in [3.63, 3.8) is 0 Å². The molecule has 2 fully saturated rings. The lowest BCUT2D eigenvalue weighted by Gasteiger charge is -2.49. The number of carbonyl (C=O) groups excluding carboxylic acids is 1. The second-order valence-corrected chi connectivity index (χ2v) is 22.2. The highest BCUT2D eigenvalue weighted by atomic mass is 32.1. The van der Waals surface area contributed by atoms with E-state index < -0.39 is 26.6 Å². The maximum Gasteiger partial charge on any atom is 0.373 e. The van der Waals surface area contributed by atoms with Crippen LogP contribution in [0, 0.1) is 6.92 Å². The molecule has 2 aromatic carbocycles. The number of pyridine rings is 1. The number of rotatable bonds is 11. The predicted molar refractivity (Wildman–Crippen MR) is 209 cm³/mol. The molecule has 0 saturated carbocycles. The zero-order valence-corrected chi connectivity index (χ0v) is 33.4. The lowest BCUT2D eigenvalue weighted by atomic mass is 9.88. The van der Waals surface area contributed by atoms with E-state index in [1.54, 1.807) is 18.2 Å². The summed E-state index contributed by atoms with van der Waals surface area (Å²) >= 11 is 1.33. The Hall–Kier alpha value is -3.46. The molecule has 0 radical (unpaired) electrons. The van der Waals surface area contributed by atoms with Crippen LogP contribution < -0.4 is 10.9 Å². The average molecular weight is 767 g/mol. The van der Waals surface area contributed by atoms with Crippen LogP contribution in [0.3, 0.4) is 0 Å². The minimum Gasteiger partial charge on any atom is -0.506 e. The summed E-state index contributed by atoms with van der Waals surface area (Å²) in [6.07, 6.45) is -2.05. The van der Waals surface area contributed by atoms with Crippen LogP contribution in [0.4, 0.5) is 8.78 Å². The number of aryl methyl sites for hydroxylation is 1. The number of phenolic OH excluding ortho intramolecular Hbond substituents is 1. The molecule has 4 heterocycles. The molecular formula is C40H52F2N4O5SSi. The number of halogens is 2. The molecule has 53 heavy (non-hydrogen) atoms. The fourth-order valence-electron chi connectivity index (χ4n) is 7.13. The van der Waals surface area contributed by atoms with E-state index >= 15 is 0 Å². The Morgan fingerprint density at radius 3 is 2.51 bits per heavy atom. The molecule has 1 amide bonds. The number of benzene rings is 2. The number of carbonyl (C=O) groups is 1. The zero-order valence-electron chi connectivity index (χ0n) is 31.6. The van der Waals surface area contributed by atoms with Gasteiger partial charge < -0.3 is 29.5 Å². The fourth-order valence-corrected chi connectivity index (χ4v) is 9.24. The Morgan fingerprint density at radius 1 is 1.08 bits per heavy atom. The number of likely N-dealkylation sites (tertiary alicyclic amines) is 1. The summed E-state index contributed by atoms with van der Waals surface area (Å²) in [6, 6.07) is 18.7. The lowest BCUT2D eigenvalue weighted by Crippen LogP contribution is -2.62. The highest BCUT2D eigenvalue weighted by molar-refractivity contribution is 7.13. The van der Waals surface area contributed by atoms with Crippen LogP contribution in [0.2, 0.25) is 18.1 Å². The third-order valence-electron chi connectivity index (χ3n) is 11.0. The van der Waals surface area contributed by atoms with E-state index in [2.05, 4.69) is 73.3 Å². The largest absolute Gasteiger partial charge is 0.506 e. The van der Waals surface area contributed by atoms with Gasteiger partial charge in [0, 0.05) is 42.5 Å². The lowest BCUT2D eigenvalue weighted by molar-refractivity contribution is -0.332. The number of piperidine rings is 1. The molecule has 2 saturated heterocycles. The van der Waals surface area contributed by atoms with Crippen molar-refractivity contribution in [2.24, 2.45) is 0 Å². The van der Waals surface area contributed by atoms with Gasteiger partial charge in [-0.05, 0) is 91.8 Å². The number of nitrogens with one attached hydrogen (secondary N) is 2. The van der Waals surface area contributed by atoms with E-state index in [0.717, 1.165) is 27.8 Å². The normalized spacial score (nSPS) is 18.5. The highest BCUT2D eigenvalue weighted by Gasteiger charge is 2.52. The van der Waals surface area contributed by atoms with E-state index in [0.29, 0.717) is 56.0 Å². The molecular weight excluding hydrogens is 715 g/mol. The molecule has 2 aromatic heterocycles. The van der Waals surface area contributed by atoms with E-state index in [1.165, 1.54) is 27.9 Å². The van der Waals surface area contributed by atoms with Crippen LogP contribution in [-0.4, -0.2) is 85.1 Å². The predicted octanol–water partition coefficient (Wildman–Crippen LogP) is 7.60. The Morgan fingerprint density at radius 2 is 1.81 bits per heavy atom. The van der Waals surface area contributed by atoms with Gasteiger partial charge in [-0.3, -0.25) is 14.5 Å². The van der Waals surface area contributed by atoms with E-state index in [1.807, 2.05) is 19.1 Å². The summed E-state index contributed by atoms with van der Waals surface area (Å²) in [5.74, 6) is -0.333. The molecule has 1 unspecified atom stereocenters. The van der Waals surface area contributed by atoms with Gasteiger partial charge in [-0.2, -0.15) is 8.78 Å². The van der Waals surface area contributed by atoms with E-state index in [9.17, 15) is 23.5 Å². The topological polar surface area (TPSA) is 107 Å². The maximum absolute atomic E-state index is 14.9. The van der Waals surface area contributed by atoms with Crippen molar-refractivity contribution in [1.29, 1.82) is 0 Å². The summed E-state index contributed by atoms with van der Waals surface area (Å²) in [5.41, 5.74) is 2.32. The van der Waals surface area contributed by atoms with Crippen LogP contribution in [0.5, 0.6) is 5.75 Å². The van der Waals surface area contributed by atoms with Gasteiger partial charge in [0.05, 0.1) is 28.6 Å². The maximum atomic E-state index is 14.9. The van der Waals surface area contributed by atoms with Gasteiger partial charge in [0.1, 0.15) is 12.3 Å². The number of ether oxygens (including phenoxy) is 1. The second kappa shape index (κ2) is 15.3. The second-order valence-electron chi connectivity index (χ2n) is 16.2. The van der Waals surface area contributed by atoms with Gasteiger partial charge >= 0.3 is 6.11 Å². The molecule has 9 nitrogen and oxygen atoms in total. The number of aromatic hydroxyl groups is 1. The number of nitrogens with zero attached hydrogens (tertiary/aromatic N) is 2. The first-order valence-corrected chi connectivity index (χ1v) is 22.1. The fraction of sp³-hybridized carbons (Fsp3) is 0.500. The smallest absolute Gasteiger partial charge is 0.373 e. The van der Waals surface area contributed by atoms with Gasteiger partial charge in [0.25, 0.3) is 5.91 Å². The van der Waals surface area contributed by atoms with Crippen molar-refractivity contribution in [2.45, 2.75) is 89.4 Å². The summed E-state index contributed by atoms with van der Waals surface area (Å²) < 4.78 is 42.1. The Kier molecular flexibility index (Phi) is 11.4. The molecule has 286 valence electrons. The number of amides is 1. The third kappa shape index (κ3) is 9.26. The van der Waals surface area contributed by atoms with Gasteiger partial charge in [-0.25, -0.2) is 0 Å². The molecule has 3 N–H and O–H groups in total. The number of hydrogen-bond donors (Lipinski definition) is 3. The first-order chi connectivity index (χ1) is 24.9.